The van der Waals surface area contributed by atoms with Gasteiger partial charge in [-0.3, -0.25) is 0 Å². The van der Waals surface area contributed by atoms with E-state index < -0.39 is 0 Å². The molecule has 0 unspecified atom stereocenters. The maximum atomic E-state index is 4.25. The van der Waals surface area contributed by atoms with Crippen molar-refractivity contribution in [2.75, 3.05) is 0 Å². The van der Waals surface area contributed by atoms with Crippen LogP contribution >= 0.6 is 15.9 Å². The molecular weight excluding hydrogens is 316 g/mol. The first-order valence-electron chi connectivity index (χ1n) is 7.03. The van der Waals surface area contributed by atoms with Gasteiger partial charge in [-0.15, -0.1) is 10.2 Å². The molecule has 20 heavy (non-hydrogen) atoms. The van der Waals surface area contributed by atoms with Gasteiger partial charge in [0, 0.05) is 17.1 Å². The van der Waals surface area contributed by atoms with Crippen LogP contribution in [0.5, 0.6) is 0 Å². The Kier molecular flexibility index (Phi) is 5.31. The first kappa shape index (κ1) is 15.2. The molecule has 2 rings (SSSR count). The Bertz CT molecular complexity index is 565. The molecule has 1 heterocycles. The van der Waals surface area contributed by atoms with Gasteiger partial charge in [0.15, 0.2) is 0 Å². The average Bonchev–Trinajstić information content (AvgIpc) is 2.81. The fourth-order valence-electron chi connectivity index (χ4n) is 2.41. The van der Waals surface area contributed by atoms with Crippen LogP contribution in [0.15, 0.2) is 28.7 Å². The lowest BCUT2D eigenvalue weighted by Crippen LogP contribution is -2.23. The van der Waals surface area contributed by atoms with Crippen molar-refractivity contribution >= 4 is 15.9 Å². The molecule has 0 spiro atoms. The summed E-state index contributed by atoms with van der Waals surface area (Å²) < 4.78 is 3.28. The van der Waals surface area contributed by atoms with Crippen LogP contribution in [-0.2, 0) is 13.1 Å². The summed E-state index contributed by atoms with van der Waals surface area (Å²) in [7, 11) is 0. The predicted octanol–water partition coefficient (Wildman–Crippen LogP) is 3.61. The van der Waals surface area contributed by atoms with E-state index in [1.165, 1.54) is 5.56 Å². The Morgan fingerprint density at radius 1 is 1.25 bits per heavy atom. The lowest BCUT2D eigenvalue weighted by atomic mass is 10.0. The zero-order chi connectivity index (χ0) is 14.5. The Morgan fingerprint density at radius 3 is 2.65 bits per heavy atom. The molecule has 0 fully saturated rings. The van der Waals surface area contributed by atoms with E-state index in [0.717, 1.165) is 35.6 Å². The van der Waals surface area contributed by atoms with Crippen LogP contribution in [0.4, 0.5) is 0 Å². The van der Waals surface area contributed by atoms with E-state index in [-0.39, 0.29) is 0 Å². The lowest BCUT2D eigenvalue weighted by molar-refractivity contribution is 0.494. The van der Waals surface area contributed by atoms with Gasteiger partial charge in [0.1, 0.15) is 11.6 Å². The lowest BCUT2D eigenvalue weighted by Gasteiger charge is -2.18. The number of halogens is 1. The molecule has 1 aromatic carbocycles. The van der Waals surface area contributed by atoms with Crippen LogP contribution in [-0.4, -0.2) is 14.8 Å². The third-order valence-electron chi connectivity index (χ3n) is 3.52. The van der Waals surface area contributed by atoms with Crippen molar-refractivity contribution in [1.82, 2.24) is 20.1 Å². The molecule has 1 N–H and O–H groups in total. The van der Waals surface area contributed by atoms with Gasteiger partial charge in [-0.25, -0.2) is 0 Å². The minimum absolute atomic E-state index is 0.313. The zero-order valence-electron chi connectivity index (χ0n) is 12.2. The van der Waals surface area contributed by atoms with Gasteiger partial charge in [0.05, 0.1) is 6.54 Å². The third kappa shape index (κ3) is 3.27. The maximum absolute atomic E-state index is 4.25. The van der Waals surface area contributed by atoms with Crippen LogP contribution in [0.25, 0.3) is 0 Å². The van der Waals surface area contributed by atoms with Gasteiger partial charge in [-0.05, 0) is 31.9 Å². The monoisotopic (exact) mass is 336 g/mol. The van der Waals surface area contributed by atoms with Crippen molar-refractivity contribution < 1.29 is 0 Å². The topological polar surface area (TPSA) is 42.7 Å². The second-order valence-electron chi connectivity index (χ2n) is 4.77. The minimum atomic E-state index is 0.313. The van der Waals surface area contributed by atoms with Gasteiger partial charge in [-0.2, -0.15) is 0 Å². The molecule has 0 saturated carbocycles. The van der Waals surface area contributed by atoms with Gasteiger partial charge < -0.3 is 9.88 Å². The van der Waals surface area contributed by atoms with E-state index in [1.54, 1.807) is 0 Å². The second kappa shape index (κ2) is 6.99. The van der Waals surface area contributed by atoms with Crippen LogP contribution in [0.1, 0.15) is 43.5 Å². The number of aryl methyl sites for hydroxylation is 1. The number of aromatic nitrogens is 3. The summed E-state index contributed by atoms with van der Waals surface area (Å²) in [5, 5.41) is 12.0. The number of benzene rings is 1. The highest BCUT2D eigenvalue weighted by molar-refractivity contribution is 9.10. The fraction of sp³-hybridized carbons (Fsp3) is 0.467. The largest absolute Gasteiger partial charge is 0.314 e. The maximum Gasteiger partial charge on any atom is 0.147 e. The molecule has 1 atom stereocenters. The summed E-state index contributed by atoms with van der Waals surface area (Å²) in [6.07, 6.45) is 1.03. The smallest absolute Gasteiger partial charge is 0.147 e. The number of hydrogen-bond donors (Lipinski definition) is 1. The van der Waals surface area contributed by atoms with Crippen LogP contribution < -0.4 is 5.32 Å². The quantitative estimate of drug-likeness (QED) is 0.876. The van der Waals surface area contributed by atoms with E-state index in [9.17, 15) is 0 Å². The normalized spacial score (nSPS) is 12.6. The predicted molar refractivity (Wildman–Crippen MR) is 84.4 cm³/mol. The molecule has 5 heteroatoms. The molecule has 0 saturated heterocycles. The number of rotatable bonds is 6. The van der Waals surface area contributed by atoms with E-state index in [1.807, 2.05) is 13.0 Å². The van der Waals surface area contributed by atoms with Crippen LogP contribution in [0.2, 0.25) is 0 Å². The average molecular weight is 337 g/mol. The molecule has 4 nitrogen and oxygen atoms in total. The van der Waals surface area contributed by atoms with Crippen molar-refractivity contribution in [2.45, 2.75) is 46.3 Å². The summed E-state index contributed by atoms with van der Waals surface area (Å²) in [6, 6.07) is 8.66. The Morgan fingerprint density at radius 2 is 2.00 bits per heavy atom. The van der Waals surface area contributed by atoms with Gasteiger partial charge in [0.2, 0.25) is 0 Å². The third-order valence-corrected chi connectivity index (χ3v) is 4.25. The summed E-state index contributed by atoms with van der Waals surface area (Å²) in [5.41, 5.74) is 1.29. The number of nitrogens with zero attached hydrogens (tertiary/aromatic N) is 3. The fourth-order valence-corrected chi connectivity index (χ4v) is 2.97. The van der Waals surface area contributed by atoms with Crippen LogP contribution in [0.3, 0.4) is 0 Å². The highest BCUT2D eigenvalue weighted by atomic mass is 79.9. The second-order valence-corrected chi connectivity index (χ2v) is 5.63. The molecular formula is C15H21BrN4. The molecule has 0 amide bonds. The number of nitrogens with one attached hydrogen (secondary N) is 1. The Labute approximate surface area is 128 Å². The molecule has 0 aliphatic carbocycles. The first-order chi connectivity index (χ1) is 9.67. The van der Waals surface area contributed by atoms with Crippen molar-refractivity contribution in [1.29, 1.82) is 0 Å². The minimum Gasteiger partial charge on any atom is -0.314 e. The van der Waals surface area contributed by atoms with Crippen molar-refractivity contribution in [3.05, 3.63) is 46.0 Å². The van der Waals surface area contributed by atoms with Crippen molar-refractivity contribution in [2.24, 2.45) is 0 Å². The SMILES string of the molecule is CC[C@H](NCc1nnc(C)n1CC)c1ccccc1Br. The summed E-state index contributed by atoms with van der Waals surface area (Å²) in [5.74, 6) is 1.97. The highest BCUT2D eigenvalue weighted by Crippen LogP contribution is 2.25. The van der Waals surface area contributed by atoms with Crippen molar-refractivity contribution in [3.8, 4) is 0 Å². The van der Waals surface area contributed by atoms with Gasteiger partial charge >= 0.3 is 0 Å². The van der Waals surface area contributed by atoms with Gasteiger partial charge in [-0.1, -0.05) is 41.1 Å². The molecule has 2 aromatic rings. The van der Waals surface area contributed by atoms with Gasteiger partial charge in [0.25, 0.3) is 0 Å². The Hall–Kier alpha value is -1.20. The van der Waals surface area contributed by atoms with Crippen molar-refractivity contribution in [3.63, 3.8) is 0 Å². The molecule has 0 aliphatic heterocycles. The van der Waals surface area contributed by atoms with Crippen LogP contribution in [0, 0.1) is 6.92 Å². The Balaban J connectivity index is 2.10. The van der Waals surface area contributed by atoms with E-state index in [2.05, 4.69) is 68.1 Å². The molecule has 0 aliphatic rings. The van der Waals surface area contributed by atoms with E-state index in [0.29, 0.717) is 6.04 Å². The summed E-state index contributed by atoms with van der Waals surface area (Å²) in [6.45, 7) is 7.93. The van der Waals surface area contributed by atoms with E-state index >= 15 is 0 Å². The molecule has 0 radical (unpaired) electrons. The summed E-state index contributed by atoms with van der Waals surface area (Å²) in [4.78, 5) is 0. The molecule has 0 bridgehead atoms. The highest BCUT2D eigenvalue weighted by Gasteiger charge is 2.14. The first-order valence-corrected chi connectivity index (χ1v) is 7.83. The number of hydrogen-bond acceptors (Lipinski definition) is 3. The summed E-state index contributed by atoms with van der Waals surface area (Å²) >= 11 is 3.62. The zero-order valence-corrected chi connectivity index (χ0v) is 13.8. The molecule has 1 aromatic heterocycles. The van der Waals surface area contributed by atoms with E-state index in [4.69, 9.17) is 0 Å². The molecule has 108 valence electrons. The standard InChI is InChI=1S/C15H21BrN4/c1-4-14(12-8-6-7-9-13(12)16)17-10-15-19-18-11(3)20(15)5-2/h6-9,14,17H,4-5,10H2,1-3H3/t14-/m0/s1.